The molecule has 1 aromatic heterocycles. The number of ether oxygens (including phenoxy) is 1. The van der Waals surface area contributed by atoms with Crippen LogP contribution in [0.5, 0.6) is 5.75 Å². The lowest BCUT2D eigenvalue weighted by Crippen LogP contribution is -2.23. The van der Waals surface area contributed by atoms with Crippen LogP contribution in [0.25, 0.3) is 11.4 Å². The second kappa shape index (κ2) is 9.67. The van der Waals surface area contributed by atoms with Crippen molar-refractivity contribution in [2.24, 2.45) is 0 Å². The van der Waals surface area contributed by atoms with E-state index in [0.29, 0.717) is 30.4 Å². The smallest absolute Gasteiger partial charge is 0.241 e. The first-order valence-corrected chi connectivity index (χ1v) is 9.49. The average molecular weight is 376 g/mol. The van der Waals surface area contributed by atoms with Gasteiger partial charge in [0.25, 0.3) is 0 Å². The Bertz CT molecular complexity index is 928. The molecular formula is C22H24N4O2. The minimum absolute atomic E-state index is 0.536. The van der Waals surface area contributed by atoms with Crippen molar-refractivity contribution < 1.29 is 9.26 Å². The van der Waals surface area contributed by atoms with Gasteiger partial charge in [0, 0.05) is 6.54 Å². The summed E-state index contributed by atoms with van der Waals surface area (Å²) < 4.78 is 11.2. The third-order valence-electron chi connectivity index (χ3n) is 4.28. The Morgan fingerprint density at radius 3 is 2.57 bits per heavy atom. The molecule has 1 heterocycles. The van der Waals surface area contributed by atoms with E-state index in [-0.39, 0.29) is 0 Å². The normalized spacial score (nSPS) is 10.8. The van der Waals surface area contributed by atoms with E-state index in [9.17, 15) is 0 Å². The predicted octanol–water partition coefficient (Wildman–Crippen LogP) is 4.42. The fourth-order valence-corrected chi connectivity index (χ4v) is 3.03. The maximum Gasteiger partial charge on any atom is 0.241 e. The summed E-state index contributed by atoms with van der Waals surface area (Å²) in [5.74, 6) is 1.86. The van der Waals surface area contributed by atoms with Crippen LogP contribution in [0.4, 0.5) is 0 Å². The van der Waals surface area contributed by atoms with E-state index >= 15 is 0 Å². The first kappa shape index (κ1) is 19.6. The van der Waals surface area contributed by atoms with Gasteiger partial charge in [-0.25, -0.2) is 0 Å². The number of aromatic nitrogens is 2. The van der Waals surface area contributed by atoms with Gasteiger partial charge in [-0.2, -0.15) is 10.2 Å². The van der Waals surface area contributed by atoms with Gasteiger partial charge in [-0.1, -0.05) is 36.3 Å². The Balaban J connectivity index is 1.73. The van der Waals surface area contributed by atoms with Gasteiger partial charge in [0.05, 0.1) is 30.3 Å². The monoisotopic (exact) mass is 376 g/mol. The van der Waals surface area contributed by atoms with Crippen molar-refractivity contribution in [3.05, 3.63) is 65.5 Å². The molecule has 0 amide bonds. The van der Waals surface area contributed by atoms with E-state index in [1.807, 2.05) is 55.5 Å². The third kappa shape index (κ3) is 4.96. The first-order valence-electron chi connectivity index (χ1n) is 9.49. The van der Waals surface area contributed by atoms with Gasteiger partial charge in [-0.15, -0.1) is 0 Å². The highest BCUT2D eigenvalue weighted by Gasteiger charge is 2.16. The summed E-state index contributed by atoms with van der Waals surface area (Å²) in [6.45, 7) is 6.90. The molecule has 0 saturated carbocycles. The summed E-state index contributed by atoms with van der Waals surface area (Å²) in [6.07, 6.45) is 1.02. The van der Waals surface area contributed by atoms with Crippen LogP contribution >= 0.6 is 0 Å². The number of nitriles is 1. The lowest BCUT2D eigenvalue weighted by atomic mass is 10.1. The topological polar surface area (TPSA) is 75.2 Å². The number of para-hydroxylation sites is 1. The van der Waals surface area contributed by atoms with Gasteiger partial charge >= 0.3 is 0 Å². The van der Waals surface area contributed by atoms with Crippen LogP contribution in [-0.2, 0) is 13.1 Å². The molecular weight excluding hydrogens is 352 g/mol. The van der Waals surface area contributed by atoms with Crippen LogP contribution in [0.15, 0.2) is 53.1 Å². The summed E-state index contributed by atoms with van der Waals surface area (Å²) in [5, 5.41) is 13.1. The molecule has 0 aliphatic carbocycles. The van der Waals surface area contributed by atoms with Crippen LogP contribution in [0.3, 0.4) is 0 Å². The van der Waals surface area contributed by atoms with Gasteiger partial charge in [-0.05, 0) is 49.7 Å². The van der Waals surface area contributed by atoms with Crippen molar-refractivity contribution >= 4 is 0 Å². The molecule has 3 aromatic rings. The second-order valence-electron chi connectivity index (χ2n) is 6.46. The van der Waals surface area contributed by atoms with Gasteiger partial charge in [0.1, 0.15) is 5.75 Å². The molecule has 144 valence electrons. The summed E-state index contributed by atoms with van der Waals surface area (Å²) in [6, 6.07) is 17.5. The van der Waals surface area contributed by atoms with Crippen molar-refractivity contribution in [1.82, 2.24) is 15.0 Å². The molecule has 0 fully saturated rings. The molecule has 3 rings (SSSR count). The van der Waals surface area contributed by atoms with E-state index in [1.54, 1.807) is 0 Å². The standard InChI is InChI=1S/C22H24N4O2/c1-3-13-26(15-18-11-9-17(14-23)10-12-18)16-21-24-22(25-28-21)19-7-5-6-8-20(19)27-4-2/h5-12H,3-4,13,15-16H2,1-2H3. The highest BCUT2D eigenvalue weighted by atomic mass is 16.5. The lowest BCUT2D eigenvalue weighted by Gasteiger charge is -2.19. The molecule has 0 atom stereocenters. The van der Waals surface area contributed by atoms with Crippen molar-refractivity contribution in [2.45, 2.75) is 33.4 Å². The Labute approximate surface area is 165 Å². The first-order chi connectivity index (χ1) is 13.7. The molecule has 6 heteroatoms. The molecule has 0 spiro atoms. The molecule has 0 bridgehead atoms. The van der Waals surface area contributed by atoms with Crippen molar-refractivity contribution in [3.63, 3.8) is 0 Å². The zero-order chi connectivity index (χ0) is 19.8. The fraction of sp³-hybridized carbons (Fsp3) is 0.318. The van der Waals surface area contributed by atoms with E-state index in [2.05, 4.69) is 28.0 Å². The Kier molecular flexibility index (Phi) is 6.77. The van der Waals surface area contributed by atoms with Crippen molar-refractivity contribution in [3.8, 4) is 23.2 Å². The molecule has 0 saturated heterocycles. The summed E-state index contributed by atoms with van der Waals surface area (Å²) in [5.41, 5.74) is 2.64. The van der Waals surface area contributed by atoms with E-state index in [1.165, 1.54) is 0 Å². The molecule has 0 unspecified atom stereocenters. The Morgan fingerprint density at radius 1 is 1.07 bits per heavy atom. The van der Waals surface area contributed by atoms with Crippen LogP contribution in [0.1, 0.15) is 37.3 Å². The molecule has 6 nitrogen and oxygen atoms in total. The van der Waals surface area contributed by atoms with Gasteiger partial charge in [0.2, 0.25) is 11.7 Å². The number of rotatable bonds is 9. The summed E-state index contributed by atoms with van der Waals surface area (Å²) in [4.78, 5) is 6.83. The highest BCUT2D eigenvalue weighted by Crippen LogP contribution is 2.27. The van der Waals surface area contributed by atoms with Gasteiger partial charge in [-0.3, -0.25) is 4.90 Å². The molecule has 28 heavy (non-hydrogen) atoms. The van der Waals surface area contributed by atoms with Crippen LogP contribution in [-0.4, -0.2) is 28.2 Å². The molecule has 0 N–H and O–H groups in total. The number of hydrogen-bond acceptors (Lipinski definition) is 6. The third-order valence-corrected chi connectivity index (χ3v) is 4.28. The molecule has 0 aliphatic rings. The predicted molar refractivity (Wildman–Crippen MR) is 106 cm³/mol. The van der Waals surface area contributed by atoms with E-state index in [0.717, 1.165) is 36.4 Å². The SMILES string of the molecule is CCCN(Cc1ccc(C#N)cc1)Cc1nc(-c2ccccc2OCC)no1. The highest BCUT2D eigenvalue weighted by molar-refractivity contribution is 5.63. The Morgan fingerprint density at radius 2 is 1.86 bits per heavy atom. The minimum atomic E-state index is 0.536. The van der Waals surface area contributed by atoms with Gasteiger partial charge < -0.3 is 9.26 Å². The number of hydrogen-bond donors (Lipinski definition) is 0. The fourth-order valence-electron chi connectivity index (χ4n) is 3.03. The molecule has 0 radical (unpaired) electrons. The zero-order valence-corrected chi connectivity index (χ0v) is 16.3. The zero-order valence-electron chi connectivity index (χ0n) is 16.3. The maximum absolute atomic E-state index is 8.94. The van der Waals surface area contributed by atoms with Crippen LogP contribution < -0.4 is 4.74 Å². The lowest BCUT2D eigenvalue weighted by molar-refractivity contribution is 0.219. The minimum Gasteiger partial charge on any atom is -0.493 e. The number of nitrogens with zero attached hydrogens (tertiary/aromatic N) is 4. The van der Waals surface area contributed by atoms with Crippen LogP contribution in [0.2, 0.25) is 0 Å². The van der Waals surface area contributed by atoms with Crippen LogP contribution in [0, 0.1) is 11.3 Å². The van der Waals surface area contributed by atoms with Gasteiger partial charge in [0.15, 0.2) is 0 Å². The van der Waals surface area contributed by atoms with E-state index < -0.39 is 0 Å². The average Bonchev–Trinajstić information content (AvgIpc) is 3.18. The maximum atomic E-state index is 8.94. The quantitative estimate of drug-likeness (QED) is 0.550. The Hall–Kier alpha value is -3.17. The summed E-state index contributed by atoms with van der Waals surface area (Å²) >= 11 is 0. The second-order valence-corrected chi connectivity index (χ2v) is 6.46. The van der Waals surface area contributed by atoms with E-state index in [4.69, 9.17) is 14.5 Å². The summed E-state index contributed by atoms with van der Waals surface area (Å²) in [7, 11) is 0. The largest absolute Gasteiger partial charge is 0.493 e. The molecule has 0 aliphatic heterocycles. The molecule has 2 aromatic carbocycles. The number of benzene rings is 2. The van der Waals surface area contributed by atoms with Crippen molar-refractivity contribution in [1.29, 1.82) is 5.26 Å². The van der Waals surface area contributed by atoms with Crippen molar-refractivity contribution in [2.75, 3.05) is 13.2 Å².